The molecule has 4 aromatic rings. The molecule has 2 atom stereocenters. The maximum atomic E-state index is 14.8. The average Bonchev–Trinajstić information content (AvgIpc) is 3.32. The summed E-state index contributed by atoms with van der Waals surface area (Å²) >= 11 is 2.87. The Bertz CT molecular complexity index is 1170. The quantitative estimate of drug-likeness (QED) is 0.444. The van der Waals surface area contributed by atoms with Gasteiger partial charge in [0.15, 0.2) is 11.6 Å². The number of hydrogen-bond donors (Lipinski definition) is 2. The Morgan fingerprint density at radius 2 is 2.14 bits per heavy atom. The van der Waals surface area contributed by atoms with Crippen molar-refractivity contribution in [3.8, 4) is 0 Å². The number of aromatic nitrogens is 2. The number of halogens is 2. The van der Waals surface area contributed by atoms with E-state index in [1.807, 2.05) is 0 Å². The molecule has 1 fully saturated rings. The monoisotopic (exact) mass is 416 g/mol. The first-order valence-corrected chi connectivity index (χ1v) is 10.9. The van der Waals surface area contributed by atoms with E-state index in [1.165, 1.54) is 27.8 Å². The molecule has 0 radical (unpaired) electrons. The van der Waals surface area contributed by atoms with Crippen molar-refractivity contribution >= 4 is 54.5 Å². The van der Waals surface area contributed by atoms with E-state index in [1.54, 1.807) is 23.6 Å². The summed E-state index contributed by atoms with van der Waals surface area (Å²) in [4.78, 5) is 10.6. The fourth-order valence-electron chi connectivity index (χ4n) is 3.86. The fourth-order valence-corrected chi connectivity index (χ4v) is 5.83. The number of nitrogens with one attached hydrogen (secondary N) is 2. The van der Waals surface area contributed by atoms with Crippen molar-refractivity contribution in [2.24, 2.45) is 0 Å². The maximum absolute atomic E-state index is 14.8. The van der Waals surface area contributed by atoms with Gasteiger partial charge in [0.25, 0.3) is 0 Å². The summed E-state index contributed by atoms with van der Waals surface area (Å²) in [5, 5.41) is 7.37. The third-order valence-electron chi connectivity index (χ3n) is 5.36. The van der Waals surface area contributed by atoms with Crippen LogP contribution in [0.3, 0.4) is 0 Å². The van der Waals surface area contributed by atoms with Gasteiger partial charge < -0.3 is 10.6 Å². The van der Waals surface area contributed by atoms with Gasteiger partial charge in [-0.05, 0) is 44.5 Å². The molecule has 1 aromatic carbocycles. The molecule has 2 N–H and O–H groups in total. The van der Waals surface area contributed by atoms with Gasteiger partial charge in [0.1, 0.15) is 16.0 Å². The van der Waals surface area contributed by atoms with Gasteiger partial charge >= 0.3 is 0 Å². The van der Waals surface area contributed by atoms with Crippen molar-refractivity contribution in [2.75, 3.05) is 11.9 Å². The van der Waals surface area contributed by atoms with E-state index in [0.29, 0.717) is 22.3 Å². The Balaban J connectivity index is 1.56. The van der Waals surface area contributed by atoms with E-state index in [-0.39, 0.29) is 11.2 Å². The molecule has 0 saturated carbocycles. The first-order chi connectivity index (χ1) is 13.6. The molecule has 8 heteroatoms. The predicted octanol–water partition coefficient (Wildman–Crippen LogP) is 5.78. The molecule has 5 rings (SSSR count). The molecule has 0 aliphatic carbocycles. The number of thiazole rings is 1. The molecule has 4 nitrogen and oxygen atoms in total. The summed E-state index contributed by atoms with van der Waals surface area (Å²) < 4.78 is 29.9. The highest BCUT2D eigenvalue weighted by molar-refractivity contribution is 7.18. The molecule has 0 bridgehead atoms. The van der Waals surface area contributed by atoms with E-state index in [2.05, 4.69) is 33.6 Å². The van der Waals surface area contributed by atoms with Gasteiger partial charge in [-0.25, -0.2) is 18.7 Å². The molecule has 0 amide bonds. The van der Waals surface area contributed by atoms with Crippen molar-refractivity contribution in [3.63, 3.8) is 0 Å². The first kappa shape index (κ1) is 17.9. The lowest BCUT2D eigenvalue weighted by molar-refractivity contribution is 0.375. The number of nitrogens with zero attached hydrogens (tertiary/aromatic N) is 2. The Labute approximate surface area is 168 Å². The largest absolute Gasteiger partial charge is 0.350 e. The van der Waals surface area contributed by atoms with E-state index >= 15 is 0 Å². The molecule has 4 heterocycles. The molecule has 3 aromatic heterocycles. The van der Waals surface area contributed by atoms with Crippen molar-refractivity contribution in [3.05, 3.63) is 46.4 Å². The third kappa shape index (κ3) is 2.96. The molecule has 144 valence electrons. The number of hydrogen-bond acceptors (Lipinski definition) is 6. The summed E-state index contributed by atoms with van der Waals surface area (Å²) in [6.07, 6.45) is 3.95. The molecule has 0 spiro atoms. The number of piperidine rings is 1. The van der Waals surface area contributed by atoms with Crippen LogP contribution in [0.1, 0.15) is 30.6 Å². The average molecular weight is 417 g/mol. The second-order valence-corrected chi connectivity index (χ2v) is 9.04. The minimum absolute atomic E-state index is 0.175. The highest BCUT2D eigenvalue weighted by Gasteiger charge is 2.25. The van der Waals surface area contributed by atoms with Crippen LogP contribution in [0, 0.1) is 11.6 Å². The van der Waals surface area contributed by atoms with E-state index < -0.39 is 11.6 Å². The molecule has 1 aliphatic rings. The predicted molar refractivity (Wildman–Crippen MR) is 112 cm³/mol. The second kappa shape index (κ2) is 7.02. The Kier molecular flexibility index (Phi) is 4.49. The van der Waals surface area contributed by atoms with Crippen LogP contribution in [-0.4, -0.2) is 22.6 Å². The van der Waals surface area contributed by atoms with Gasteiger partial charge in [0.05, 0.1) is 15.9 Å². The van der Waals surface area contributed by atoms with Gasteiger partial charge in [-0.1, -0.05) is 0 Å². The van der Waals surface area contributed by atoms with Crippen LogP contribution in [0.2, 0.25) is 0 Å². The Morgan fingerprint density at radius 3 is 3.00 bits per heavy atom. The molecular formula is C20H18F2N4S2. The van der Waals surface area contributed by atoms with Crippen molar-refractivity contribution in [2.45, 2.75) is 31.7 Å². The minimum Gasteiger partial charge on any atom is -0.350 e. The van der Waals surface area contributed by atoms with Crippen LogP contribution in [0.25, 0.3) is 20.4 Å². The standard InChI is InChI=1S/C20H18F2N4S2/c1-10-11(3-2-5-23-10)15-7-12-14(4-6-24-20(12)28-15)26-18-13(21)8-16-19(17(18)22)25-9-27-16/h4,6-11,23H,2-3,5H2,1H3,(H,24,26)/t10-,11?/m0/s1. The lowest BCUT2D eigenvalue weighted by Crippen LogP contribution is -2.37. The topological polar surface area (TPSA) is 49.8 Å². The Morgan fingerprint density at radius 1 is 1.25 bits per heavy atom. The van der Waals surface area contributed by atoms with Crippen molar-refractivity contribution < 1.29 is 8.78 Å². The van der Waals surface area contributed by atoms with Crippen LogP contribution >= 0.6 is 22.7 Å². The van der Waals surface area contributed by atoms with Crippen molar-refractivity contribution in [1.82, 2.24) is 15.3 Å². The number of anilines is 2. The van der Waals surface area contributed by atoms with Crippen LogP contribution in [-0.2, 0) is 0 Å². The van der Waals surface area contributed by atoms with Gasteiger partial charge in [-0.3, -0.25) is 0 Å². The van der Waals surface area contributed by atoms with Crippen LogP contribution in [0.5, 0.6) is 0 Å². The molecular weight excluding hydrogens is 398 g/mol. The highest BCUT2D eigenvalue weighted by atomic mass is 32.1. The number of benzene rings is 1. The summed E-state index contributed by atoms with van der Waals surface area (Å²) in [5.41, 5.74) is 2.18. The van der Waals surface area contributed by atoms with Crippen LogP contribution in [0.15, 0.2) is 29.9 Å². The highest BCUT2D eigenvalue weighted by Crippen LogP contribution is 2.39. The zero-order valence-electron chi connectivity index (χ0n) is 15.1. The Hall–Kier alpha value is -2.16. The SMILES string of the molecule is C[C@@H]1NCCCC1c1cc2c(Nc3c(F)cc4scnc4c3F)ccnc2s1. The molecule has 1 saturated heterocycles. The third-order valence-corrected chi connectivity index (χ3v) is 7.31. The number of pyridine rings is 1. The lowest BCUT2D eigenvalue weighted by atomic mass is 9.90. The fraction of sp³-hybridized carbons (Fsp3) is 0.300. The first-order valence-electron chi connectivity index (χ1n) is 9.22. The summed E-state index contributed by atoms with van der Waals surface area (Å²) in [5.74, 6) is -0.859. The smallest absolute Gasteiger partial charge is 0.176 e. The lowest BCUT2D eigenvalue weighted by Gasteiger charge is -2.29. The number of thiophene rings is 1. The van der Waals surface area contributed by atoms with Crippen LogP contribution < -0.4 is 10.6 Å². The van der Waals surface area contributed by atoms with Gasteiger partial charge in [-0.15, -0.1) is 22.7 Å². The van der Waals surface area contributed by atoms with E-state index in [4.69, 9.17) is 0 Å². The van der Waals surface area contributed by atoms with E-state index in [9.17, 15) is 8.78 Å². The van der Waals surface area contributed by atoms with Crippen LogP contribution in [0.4, 0.5) is 20.2 Å². The van der Waals surface area contributed by atoms with Crippen molar-refractivity contribution in [1.29, 1.82) is 0 Å². The van der Waals surface area contributed by atoms with Gasteiger partial charge in [0, 0.05) is 28.4 Å². The van der Waals surface area contributed by atoms with Gasteiger partial charge in [-0.2, -0.15) is 0 Å². The number of fused-ring (bicyclic) bond motifs is 2. The normalized spacial score (nSPS) is 20.1. The van der Waals surface area contributed by atoms with Gasteiger partial charge in [0.2, 0.25) is 0 Å². The summed E-state index contributed by atoms with van der Waals surface area (Å²) in [6, 6.07) is 5.59. The summed E-state index contributed by atoms with van der Waals surface area (Å²) in [7, 11) is 0. The number of rotatable bonds is 3. The molecule has 28 heavy (non-hydrogen) atoms. The maximum Gasteiger partial charge on any atom is 0.176 e. The van der Waals surface area contributed by atoms with E-state index in [0.717, 1.165) is 29.6 Å². The summed E-state index contributed by atoms with van der Waals surface area (Å²) in [6.45, 7) is 3.25. The zero-order chi connectivity index (χ0) is 19.3. The molecule has 1 aliphatic heterocycles. The minimum atomic E-state index is -0.665. The molecule has 1 unspecified atom stereocenters. The second-order valence-electron chi connectivity index (χ2n) is 7.09. The zero-order valence-corrected chi connectivity index (χ0v) is 16.8.